The van der Waals surface area contributed by atoms with Gasteiger partial charge in [-0.15, -0.1) is 0 Å². The monoisotopic (exact) mass is 368 g/mol. The second-order valence-electron chi connectivity index (χ2n) is 7.25. The summed E-state index contributed by atoms with van der Waals surface area (Å²) in [6.45, 7) is 7.80. The molecular weight excluding hydrogens is 340 g/mol. The van der Waals surface area contributed by atoms with Crippen LogP contribution in [0.3, 0.4) is 0 Å². The third-order valence-electron chi connectivity index (χ3n) is 5.00. The van der Waals surface area contributed by atoms with Crippen LogP contribution >= 0.6 is 0 Å². The molecule has 0 spiro atoms. The minimum Gasteiger partial charge on any atom is -0.380 e. The van der Waals surface area contributed by atoms with Crippen molar-refractivity contribution in [2.45, 2.75) is 39.7 Å². The smallest absolute Gasteiger partial charge is 0.291 e. The van der Waals surface area contributed by atoms with Crippen LogP contribution in [0, 0.1) is 13.8 Å². The van der Waals surface area contributed by atoms with Crippen molar-refractivity contribution in [3.05, 3.63) is 41.1 Å². The molecule has 1 fully saturated rings. The maximum atomic E-state index is 12.3. The summed E-state index contributed by atoms with van der Waals surface area (Å²) >= 11 is 0. The lowest BCUT2D eigenvalue weighted by Crippen LogP contribution is -2.30. The molecule has 0 radical (unpaired) electrons. The van der Waals surface area contributed by atoms with E-state index in [-0.39, 0.29) is 11.7 Å². The van der Waals surface area contributed by atoms with Crippen LogP contribution in [-0.2, 0) is 6.42 Å². The second-order valence-corrected chi connectivity index (χ2v) is 7.25. The number of hydrogen-bond donors (Lipinski definition) is 1. The fourth-order valence-electron chi connectivity index (χ4n) is 3.28. The number of amides is 1. The topological polar surface area (TPSA) is 74.2 Å². The third-order valence-corrected chi connectivity index (χ3v) is 5.00. The predicted molar refractivity (Wildman–Crippen MR) is 107 cm³/mol. The number of aryl methyl sites for hydroxylation is 2. The minimum absolute atomic E-state index is 0.169. The zero-order valence-corrected chi connectivity index (χ0v) is 16.8. The van der Waals surface area contributed by atoms with Crippen molar-refractivity contribution < 1.29 is 4.79 Å². The number of aromatic nitrogens is 3. The maximum absolute atomic E-state index is 12.3. The standard InChI is InChI=1S/C20H28N6O/c1-6-15-11-16(7-9-21-15)23-17-8-10-26(12-17)19-13(2)14(3)22-18(24-19)20(27)25(4)5/h7,9,11,17H,6,8,10,12H2,1-5H3,(H,21,23)/t17-/m1/s1. The number of nitrogens with zero attached hydrogens (tertiary/aromatic N) is 5. The molecule has 0 bridgehead atoms. The lowest BCUT2D eigenvalue weighted by Gasteiger charge is -2.22. The fraction of sp³-hybridized carbons (Fsp3) is 0.500. The summed E-state index contributed by atoms with van der Waals surface area (Å²) in [5.41, 5.74) is 4.07. The number of carbonyl (C=O) groups is 1. The van der Waals surface area contributed by atoms with E-state index in [0.717, 1.165) is 54.4 Å². The normalized spacial score (nSPS) is 16.5. The largest absolute Gasteiger partial charge is 0.380 e. The molecule has 0 aliphatic carbocycles. The molecule has 1 aliphatic rings. The van der Waals surface area contributed by atoms with E-state index in [1.165, 1.54) is 4.90 Å². The molecule has 144 valence electrons. The SMILES string of the molecule is CCc1cc(N[C@@H]2CCN(c3nc(C(=O)N(C)C)nc(C)c3C)C2)ccn1. The van der Waals surface area contributed by atoms with Gasteiger partial charge in [0.25, 0.3) is 5.91 Å². The van der Waals surface area contributed by atoms with Crippen LogP contribution in [0.25, 0.3) is 0 Å². The Kier molecular flexibility index (Phi) is 5.58. The van der Waals surface area contributed by atoms with Crippen LogP contribution < -0.4 is 10.2 Å². The molecule has 1 saturated heterocycles. The molecule has 1 N–H and O–H groups in total. The van der Waals surface area contributed by atoms with Gasteiger partial charge in [-0.05, 0) is 38.8 Å². The van der Waals surface area contributed by atoms with Gasteiger partial charge >= 0.3 is 0 Å². The summed E-state index contributed by atoms with van der Waals surface area (Å²) in [5.74, 6) is 0.953. The van der Waals surface area contributed by atoms with E-state index in [4.69, 9.17) is 0 Å². The van der Waals surface area contributed by atoms with Crippen LogP contribution in [0.15, 0.2) is 18.3 Å². The quantitative estimate of drug-likeness (QED) is 0.874. The van der Waals surface area contributed by atoms with Crippen molar-refractivity contribution >= 4 is 17.4 Å². The molecule has 7 nitrogen and oxygen atoms in total. The first-order valence-electron chi connectivity index (χ1n) is 9.42. The van der Waals surface area contributed by atoms with E-state index in [1.807, 2.05) is 26.1 Å². The summed E-state index contributed by atoms with van der Waals surface area (Å²) in [6.07, 6.45) is 3.79. The van der Waals surface area contributed by atoms with Crippen LogP contribution in [-0.4, -0.2) is 59.0 Å². The van der Waals surface area contributed by atoms with Crippen molar-refractivity contribution in [3.8, 4) is 0 Å². The summed E-state index contributed by atoms with van der Waals surface area (Å²) in [6, 6.07) is 4.45. The Morgan fingerprint density at radius 1 is 1.33 bits per heavy atom. The van der Waals surface area contributed by atoms with E-state index in [9.17, 15) is 4.79 Å². The summed E-state index contributed by atoms with van der Waals surface area (Å²) < 4.78 is 0. The first-order chi connectivity index (χ1) is 12.9. The van der Waals surface area contributed by atoms with Crippen molar-refractivity contribution in [3.63, 3.8) is 0 Å². The number of anilines is 2. The summed E-state index contributed by atoms with van der Waals surface area (Å²) in [5, 5.41) is 3.60. The van der Waals surface area contributed by atoms with Crippen LogP contribution in [0.2, 0.25) is 0 Å². The molecule has 7 heteroatoms. The number of rotatable bonds is 5. The van der Waals surface area contributed by atoms with Gasteiger partial charge in [0.15, 0.2) is 0 Å². The highest BCUT2D eigenvalue weighted by Crippen LogP contribution is 2.25. The van der Waals surface area contributed by atoms with Gasteiger partial charge < -0.3 is 15.1 Å². The fourth-order valence-corrected chi connectivity index (χ4v) is 3.28. The Hall–Kier alpha value is -2.70. The second kappa shape index (κ2) is 7.90. The van der Waals surface area contributed by atoms with Crippen molar-refractivity contribution in [1.29, 1.82) is 0 Å². The highest BCUT2D eigenvalue weighted by Gasteiger charge is 2.27. The Bertz CT molecular complexity index is 835. The molecule has 27 heavy (non-hydrogen) atoms. The van der Waals surface area contributed by atoms with E-state index in [2.05, 4.69) is 38.2 Å². The zero-order valence-electron chi connectivity index (χ0n) is 16.8. The third kappa shape index (κ3) is 4.18. The molecule has 2 aromatic rings. The van der Waals surface area contributed by atoms with Crippen molar-refractivity contribution in [1.82, 2.24) is 19.9 Å². The molecule has 2 aromatic heterocycles. The Labute approximate surface area is 160 Å². The summed E-state index contributed by atoms with van der Waals surface area (Å²) in [7, 11) is 3.44. The minimum atomic E-state index is -0.169. The molecule has 0 unspecified atom stereocenters. The molecule has 1 amide bonds. The first-order valence-corrected chi connectivity index (χ1v) is 9.42. The highest BCUT2D eigenvalue weighted by molar-refractivity contribution is 5.90. The van der Waals surface area contributed by atoms with Crippen LogP contribution in [0.1, 0.15) is 40.9 Å². The number of pyridine rings is 1. The highest BCUT2D eigenvalue weighted by atomic mass is 16.2. The number of hydrogen-bond acceptors (Lipinski definition) is 6. The van der Waals surface area contributed by atoms with E-state index in [1.54, 1.807) is 14.1 Å². The number of nitrogens with one attached hydrogen (secondary N) is 1. The summed E-state index contributed by atoms with van der Waals surface area (Å²) in [4.78, 5) is 29.4. The van der Waals surface area contributed by atoms with Gasteiger partial charge in [0, 0.05) is 62.1 Å². The predicted octanol–water partition coefficient (Wildman–Crippen LogP) is 2.44. The Morgan fingerprint density at radius 2 is 2.11 bits per heavy atom. The first kappa shape index (κ1) is 19.1. The molecule has 3 rings (SSSR count). The lowest BCUT2D eigenvalue weighted by molar-refractivity contribution is 0.0815. The molecular formula is C20H28N6O. The van der Waals surface area contributed by atoms with Gasteiger partial charge in [-0.25, -0.2) is 9.97 Å². The average molecular weight is 368 g/mol. The molecule has 1 atom stereocenters. The van der Waals surface area contributed by atoms with E-state index < -0.39 is 0 Å². The van der Waals surface area contributed by atoms with Crippen LogP contribution in [0.4, 0.5) is 11.5 Å². The average Bonchev–Trinajstić information content (AvgIpc) is 3.11. The van der Waals surface area contributed by atoms with Gasteiger partial charge in [0.1, 0.15) is 5.82 Å². The van der Waals surface area contributed by atoms with Crippen molar-refractivity contribution in [2.75, 3.05) is 37.4 Å². The van der Waals surface area contributed by atoms with Gasteiger partial charge in [-0.3, -0.25) is 9.78 Å². The molecule has 0 aromatic carbocycles. The van der Waals surface area contributed by atoms with Crippen molar-refractivity contribution in [2.24, 2.45) is 0 Å². The van der Waals surface area contributed by atoms with Gasteiger partial charge in [-0.2, -0.15) is 0 Å². The van der Waals surface area contributed by atoms with E-state index >= 15 is 0 Å². The maximum Gasteiger partial charge on any atom is 0.291 e. The molecule has 0 saturated carbocycles. The Balaban J connectivity index is 1.77. The number of carbonyl (C=O) groups excluding carboxylic acids is 1. The molecule has 3 heterocycles. The molecule has 1 aliphatic heterocycles. The van der Waals surface area contributed by atoms with Crippen LogP contribution in [0.5, 0.6) is 0 Å². The van der Waals surface area contributed by atoms with E-state index in [0.29, 0.717) is 6.04 Å². The van der Waals surface area contributed by atoms with Gasteiger partial charge in [0.2, 0.25) is 5.82 Å². The van der Waals surface area contributed by atoms with Gasteiger partial charge in [-0.1, -0.05) is 6.92 Å². The lowest BCUT2D eigenvalue weighted by atomic mass is 10.2. The Morgan fingerprint density at radius 3 is 2.81 bits per heavy atom. The van der Waals surface area contributed by atoms with Gasteiger partial charge in [0.05, 0.1) is 0 Å². The zero-order chi connectivity index (χ0) is 19.6.